The minimum absolute atomic E-state index is 0.136. The molecule has 1 unspecified atom stereocenters. The molecule has 0 bridgehead atoms. The van der Waals surface area contributed by atoms with E-state index in [0.29, 0.717) is 6.54 Å². The lowest BCUT2D eigenvalue weighted by molar-refractivity contribution is 0.181. The molecule has 4 heteroatoms. The zero-order valence-corrected chi connectivity index (χ0v) is 11.8. The summed E-state index contributed by atoms with van der Waals surface area (Å²) < 4.78 is 5.82. The first kappa shape index (κ1) is 13.5. The first-order chi connectivity index (χ1) is 10.1. The van der Waals surface area contributed by atoms with Crippen LogP contribution in [0.25, 0.3) is 11.1 Å². The Balaban J connectivity index is 1.86. The number of ether oxygens (including phenoxy) is 1. The van der Waals surface area contributed by atoms with Gasteiger partial charge in [-0.05, 0) is 24.1 Å². The molecule has 0 fully saturated rings. The highest BCUT2D eigenvalue weighted by molar-refractivity contribution is 5.71. The second kappa shape index (κ2) is 5.48. The molecule has 0 radical (unpaired) electrons. The number of rotatable bonds is 3. The van der Waals surface area contributed by atoms with Crippen molar-refractivity contribution in [1.29, 1.82) is 0 Å². The van der Waals surface area contributed by atoms with Gasteiger partial charge in [0.15, 0.2) is 0 Å². The molecule has 0 aromatic heterocycles. The number of carboxylic acid groups (broad SMARTS) is 1. The smallest absolute Gasteiger partial charge is 0.404 e. The van der Waals surface area contributed by atoms with Gasteiger partial charge in [0.1, 0.15) is 11.9 Å². The van der Waals surface area contributed by atoms with Crippen LogP contribution < -0.4 is 10.1 Å². The van der Waals surface area contributed by atoms with E-state index < -0.39 is 6.09 Å². The number of carbonyl (C=O) groups is 1. The van der Waals surface area contributed by atoms with Crippen LogP contribution in [0.2, 0.25) is 0 Å². The highest BCUT2D eigenvalue weighted by Gasteiger charge is 2.25. The molecule has 0 aliphatic carbocycles. The first-order valence-corrected chi connectivity index (χ1v) is 6.96. The fourth-order valence-electron chi connectivity index (χ4n) is 2.65. The van der Waals surface area contributed by atoms with Crippen LogP contribution in [-0.4, -0.2) is 23.8 Å². The molecular weight excluding hydrogens is 266 g/mol. The van der Waals surface area contributed by atoms with Crippen LogP contribution in [0.15, 0.2) is 42.5 Å². The number of benzene rings is 2. The van der Waals surface area contributed by atoms with Crippen LogP contribution in [-0.2, 0) is 6.42 Å². The van der Waals surface area contributed by atoms with Crippen molar-refractivity contribution in [2.75, 3.05) is 6.54 Å². The molecule has 21 heavy (non-hydrogen) atoms. The van der Waals surface area contributed by atoms with Gasteiger partial charge in [0, 0.05) is 12.0 Å². The fraction of sp³-hybridized carbons (Fsp3) is 0.235. The van der Waals surface area contributed by atoms with Crippen molar-refractivity contribution < 1.29 is 14.6 Å². The molecule has 0 saturated carbocycles. The van der Waals surface area contributed by atoms with Crippen molar-refractivity contribution in [3.8, 4) is 16.9 Å². The van der Waals surface area contributed by atoms with Gasteiger partial charge in [-0.3, -0.25) is 0 Å². The van der Waals surface area contributed by atoms with Gasteiger partial charge in [0.05, 0.1) is 6.54 Å². The topological polar surface area (TPSA) is 58.6 Å². The van der Waals surface area contributed by atoms with Gasteiger partial charge in [-0.2, -0.15) is 0 Å². The molecule has 2 aromatic rings. The molecule has 108 valence electrons. The van der Waals surface area contributed by atoms with Gasteiger partial charge in [0.2, 0.25) is 0 Å². The van der Waals surface area contributed by atoms with Crippen molar-refractivity contribution in [1.82, 2.24) is 5.32 Å². The monoisotopic (exact) mass is 283 g/mol. The van der Waals surface area contributed by atoms with Crippen LogP contribution in [0, 0.1) is 6.92 Å². The Hall–Kier alpha value is -2.49. The number of fused-ring (bicyclic) bond motifs is 1. The second-order valence-electron chi connectivity index (χ2n) is 5.28. The highest BCUT2D eigenvalue weighted by Crippen LogP contribution is 2.36. The molecule has 2 N–H and O–H groups in total. The summed E-state index contributed by atoms with van der Waals surface area (Å²) in [7, 11) is 0. The average Bonchev–Trinajstić information content (AvgIpc) is 2.89. The summed E-state index contributed by atoms with van der Waals surface area (Å²) in [6.45, 7) is 2.37. The van der Waals surface area contributed by atoms with E-state index in [1.54, 1.807) is 0 Å². The number of hydrogen-bond acceptors (Lipinski definition) is 2. The third kappa shape index (κ3) is 2.84. The summed E-state index contributed by atoms with van der Waals surface area (Å²) in [5, 5.41) is 11.1. The Morgan fingerprint density at radius 2 is 2.05 bits per heavy atom. The molecule has 1 heterocycles. The lowest BCUT2D eigenvalue weighted by Crippen LogP contribution is -2.33. The summed E-state index contributed by atoms with van der Waals surface area (Å²) in [5.74, 6) is 0.852. The predicted molar refractivity (Wildman–Crippen MR) is 80.8 cm³/mol. The van der Waals surface area contributed by atoms with Gasteiger partial charge in [-0.15, -0.1) is 0 Å². The second-order valence-corrected chi connectivity index (χ2v) is 5.28. The largest absolute Gasteiger partial charge is 0.488 e. The summed E-state index contributed by atoms with van der Waals surface area (Å²) >= 11 is 0. The van der Waals surface area contributed by atoms with Crippen molar-refractivity contribution >= 4 is 6.09 Å². The standard InChI is InChI=1S/C17H17NO3/c1-11-5-7-12(8-6-11)14-3-2-4-16-15(14)9-13(21-16)10-18-17(19)20/h2-8,13,18H,9-10H2,1H3,(H,19,20). The van der Waals surface area contributed by atoms with E-state index in [0.717, 1.165) is 28.9 Å². The number of aryl methyl sites for hydroxylation is 1. The fourth-order valence-corrected chi connectivity index (χ4v) is 2.65. The van der Waals surface area contributed by atoms with Gasteiger partial charge >= 0.3 is 6.09 Å². The van der Waals surface area contributed by atoms with Gasteiger partial charge in [0.25, 0.3) is 0 Å². The van der Waals surface area contributed by atoms with Crippen molar-refractivity contribution in [3.63, 3.8) is 0 Å². The average molecular weight is 283 g/mol. The molecule has 3 rings (SSSR count). The molecule has 0 spiro atoms. The maximum Gasteiger partial charge on any atom is 0.404 e. The lowest BCUT2D eigenvalue weighted by Gasteiger charge is -2.09. The molecular formula is C17H17NO3. The quantitative estimate of drug-likeness (QED) is 0.909. The van der Waals surface area contributed by atoms with E-state index in [1.165, 1.54) is 5.56 Å². The van der Waals surface area contributed by atoms with Gasteiger partial charge < -0.3 is 15.2 Å². The minimum Gasteiger partial charge on any atom is -0.488 e. The Kier molecular flexibility index (Phi) is 3.52. The van der Waals surface area contributed by atoms with Crippen LogP contribution >= 0.6 is 0 Å². The Morgan fingerprint density at radius 3 is 2.76 bits per heavy atom. The first-order valence-electron chi connectivity index (χ1n) is 6.96. The third-order valence-corrected chi connectivity index (χ3v) is 3.70. The van der Waals surface area contributed by atoms with E-state index in [2.05, 4.69) is 42.6 Å². The van der Waals surface area contributed by atoms with E-state index in [-0.39, 0.29) is 6.10 Å². The molecule has 1 atom stereocenters. The third-order valence-electron chi connectivity index (χ3n) is 3.70. The van der Waals surface area contributed by atoms with E-state index >= 15 is 0 Å². The zero-order chi connectivity index (χ0) is 14.8. The lowest BCUT2D eigenvalue weighted by atomic mass is 9.96. The van der Waals surface area contributed by atoms with Gasteiger partial charge in [-0.25, -0.2) is 4.79 Å². The summed E-state index contributed by atoms with van der Waals surface area (Å²) in [4.78, 5) is 10.6. The van der Waals surface area contributed by atoms with E-state index in [1.807, 2.05) is 12.1 Å². The SMILES string of the molecule is Cc1ccc(-c2cccc3c2CC(CNC(=O)O)O3)cc1. The van der Waals surface area contributed by atoms with Crippen molar-refractivity contribution in [2.24, 2.45) is 0 Å². The summed E-state index contributed by atoms with van der Waals surface area (Å²) in [5.41, 5.74) is 4.70. The number of hydrogen-bond donors (Lipinski definition) is 2. The number of nitrogens with one attached hydrogen (secondary N) is 1. The Labute approximate surface area is 123 Å². The highest BCUT2D eigenvalue weighted by atomic mass is 16.5. The Bertz CT molecular complexity index is 664. The zero-order valence-electron chi connectivity index (χ0n) is 11.8. The van der Waals surface area contributed by atoms with Crippen molar-refractivity contribution in [2.45, 2.75) is 19.4 Å². The maximum atomic E-state index is 10.6. The van der Waals surface area contributed by atoms with Gasteiger partial charge in [-0.1, -0.05) is 42.0 Å². The summed E-state index contributed by atoms with van der Waals surface area (Å²) in [6, 6.07) is 14.4. The van der Waals surface area contributed by atoms with E-state index in [9.17, 15) is 4.79 Å². The van der Waals surface area contributed by atoms with Crippen LogP contribution in [0.5, 0.6) is 5.75 Å². The molecule has 2 aromatic carbocycles. The molecule has 1 amide bonds. The molecule has 1 aliphatic heterocycles. The van der Waals surface area contributed by atoms with Crippen LogP contribution in [0.4, 0.5) is 4.79 Å². The molecule has 4 nitrogen and oxygen atoms in total. The molecule has 1 aliphatic rings. The normalized spacial score (nSPS) is 16.1. The Morgan fingerprint density at radius 1 is 1.29 bits per heavy atom. The van der Waals surface area contributed by atoms with E-state index in [4.69, 9.17) is 9.84 Å². The minimum atomic E-state index is -1.02. The van der Waals surface area contributed by atoms with Crippen molar-refractivity contribution in [3.05, 3.63) is 53.6 Å². The summed E-state index contributed by atoms with van der Waals surface area (Å²) in [6.07, 6.45) is -0.435. The maximum absolute atomic E-state index is 10.6. The predicted octanol–water partition coefficient (Wildman–Crippen LogP) is 3.23. The molecule has 0 saturated heterocycles. The number of amides is 1. The van der Waals surface area contributed by atoms with Crippen LogP contribution in [0.1, 0.15) is 11.1 Å². The van der Waals surface area contributed by atoms with Crippen LogP contribution in [0.3, 0.4) is 0 Å².